The van der Waals surface area contributed by atoms with Gasteiger partial charge in [-0.05, 0) is 32.0 Å². The Labute approximate surface area is 164 Å². The molecule has 1 aliphatic heterocycles. The highest BCUT2D eigenvalue weighted by Crippen LogP contribution is 2.21. The summed E-state index contributed by atoms with van der Waals surface area (Å²) in [6, 6.07) is 9.56. The molecule has 1 fully saturated rings. The van der Waals surface area contributed by atoms with Crippen molar-refractivity contribution in [3.8, 4) is 11.3 Å². The molecule has 8 heteroatoms. The van der Waals surface area contributed by atoms with Crippen LogP contribution in [-0.4, -0.2) is 60.5 Å². The SMILES string of the molecule is CCOC(=O)NN1CCN(CCCc2cc(-c3ccc(Cl)cc3)no2)CC1. The maximum absolute atomic E-state index is 11.4. The maximum atomic E-state index is 11.4. The van der Waals surface area contributed by atoms with Gasteiger partial charge in [-0.2, -0.15) is 0 Å². The molecule has 0 spiro atoms. The minimum atomic E-state index is -0.382. The van der Waals surface area contributed by atoms with Gasteiger partial charge in [0.25, 0.3) is 0 Å². The van der Waals surface area contributed by atoms with E-state index in [4.69, 9.17) is 20.9 Å². The average molecular weight is 393 g/mol. The highest BCUT2D eigenvalue weighted by molar-refractivity contribution is 6.30. The number of nitrogens with one attached hydrogen (secondary N) is 1. The molecule has 0 aliphatic carbocycles. The number of amides is 1. The molecule has 1 saturated heterocycles. The highest BCUT2D eigenvalue weighted by Gasteiger charge is 2.18. The fourth-order valence-electron chi connectivity index (χ4n) is 3.04. The van der Waals surface area contributed by atoms with E-state index in [2.05, 4.69) is 15.5 Å². The van der Waals surface area contributed by atoms with Crippen molar-refractivity contribution >= 4 is 17.7 Å². The summed E-state index contributed by atoms with van der Waals surface area (Å²) in [4.78, 5) is 13.8. The zero-order valence-corrected chi connectivity index (χ0v) is 16.2. The van der Waals surface area contributed by atoms with E-state index in [0.29, 0.717) is 11.6 Å². The fraction of sp³-hybridized carbons (Fsp3) is 0.474. The lowest BCUT2D eigenvalue weighted by atomic mass is 10.1. The zero-order valence-electron chi connectivity index (χ0n) is 15.5. The molecule has 146 valence electrons. The molecule has 2 heterocycles. The van der Waals surface area contributed by atoms with E-state index in [-0.39, 0.29) is 6.09 Å². The Balaban J connectivity index is 1.37. The molecule has 3 rings (SSSR count). The third-order valence-electron chi connectivity index (χ3n) is 4.49. The Morgan fingerprint density at radius 3 is 2.70 bits per heavy atom. The van der Waals surface area contributed by atoms with E-state index >= 15 is 0 Å². The van der Waals surface area contributed by atoms with Crippen molar-refractivity contribution in [2.45, 2.75) is 19.8 Å². The van der Waals surface area contributed by atoms with Gasteiger partial charge in [0, 0.05) is 49.3 Å². The molecule has 0 unspecified atom stereocenters. The third kappa shape index (κ3) is 5.95. The van der Waals surface area contributed by atoms with Gasteiger partial charge in [-0.15, -0.1) is 0 Å². The Bertz CT molecular complexity index is 727. The summed E-state index contributed by atoms with van der Waals surface area (Å²) in [6.45, 7) is 6.59. The van der Waals surface area contributed by atoms with Crippen LogP contribution >= 0.6 is 11.6 Å². The van der Waals surface area contributed by atoms with Crippen LogP contribution in [0.4, 0.5) is 4.79 Å². The number of aromatic nitrogens is 1. The van der Waals surface area contributed by atoms with Crippen LogP contribution in [0.25, 0.3) is 11.3 Å². The second-order valence-corrected chi connectivity index (χ2v) is 6.89. The molecular weight excluding hydrogens is 368 g/mol. The summed E-state index contributed by atoms with van der Waals surface area (Å²) in [5.74, 6) is 0.891. The largest absolute Gasteiger partial charge is 0.449 e. The molecule has 2 aromatic rings. The molecule has 7 nitrogen and oxygen atoms in total. The normalized spacial score (nSPS) is 15.6. The highest BCUT2D eigenvalue weighted by atomic mass is 35.5. The summed E-state index contributed by atoms with van der Waals surface area (Å²) in [6.07, 6.45) is 1.47. The summed E-state index contributed by atoms with van der Waals surface area (Å²) in [5, 5.41) is 6.76. The van der Waals surface area contributed by atoms with Crippen LogP contribution in [0, 0.1) is 0 Å². The van der Waals surface area contributed by atoms with E-state index in [1.54, 1.807) is 6.92 Å². The first kappa shape index (κ1) is 19.7. The number of carbonyl (C=O) groups excluding carboxylic acids is 1. The Hall–Kier alpha value is -2.09. The molecule has 1 aliphatic rings. The van der Waals surface area contributed by atoms with Gasteiger partial charge in [0.05, 0.1) is 6.61 Å². The van der Waals surface area contributed by atoms with Gasteiger partial charge in [0.2, 0.25) is 0 Å². The van der Waals surface area contributed by atoms with Crippen LogP contribution in [0.1, 0.15) is 19.1 Å². The zero-order chi connectivity index (χ0) is 19.1. The second-order valence-electron chi connectivity index (χ2n) is 6.45. The number of aryl methyl sites for hydroxylation is 1. The van der Waals surface area contributed by atoms with Crippen molar-refractivity contribution in [1.29, 1.82) is 0 Å². The van der Waals surface area contributed by atoms with Gasteiger partial charge < -0.3 is 14.2 Å². The molecule has 0 radical (unpaired) electrons. The van der Waals surface area contributed by atoms with E-state index in [0.717, 1.165) is 62.6 Å². The molecule has 1 aromatic carbocycles. The number of rotatable bonds is 7. The lowest BCUT2D eigenvalue weighted by Gasteiger charge is -2.34. The van der Waals surface area contributed by atoms with Gasteiger partial charge in [-0.3, -0.25) is 5.43 Å². The van der Waals surface area contributed by atoms with Crippen molar-refractivity contribution in [3.63, 3.8) is 0 Å². The Morgan fingerprint density at radius 1 is 1.26 bits per heavy atom. The summed E-state index contributed by atoms with van der Waals surface area (Å²) in [5.41, 5.74) is 4.59. The van der Waals surface area contributed by atoms with E-state index in [9.17, 15) is 4.79 Å². The maximum Gasteiger partial charge on any atom is 0.421 e. The Kier molecular flexibility index (Phi) is 7.09. The number of benzene rings is 1. The second kappa shape index (κ2) is 9.73. The summed E-state index contributed by atoms with van der Waals surface area (Å²) in [7, 11) is 0. The number of carbonyl (C=O) groups is 1. The fourth-order valence-corrected chi connectivity index (χ4v) is 3.17. The standard InChI is InChI=1S/C19H25ClN4O3/c1-2-26-19(25)21-24-12-10-23(11-13-24)9-3-4-17-14-18(22-27-17)15-5-7-16(20)8-6-15/h5-8,14H,2-4,9-13H2,1H3,(H,21,25). The number of hydrogen-bond acceptors (Lipinski definition) is 6. The first-order chi connectivity index (χ1) is 13.1. The molecule has 1 amide bonds. The third-order valence-corrected chi connectivity index (χ3v) is 4.75. The van der Waals surface area contributed by atoms with Crippen LogP contribution in [0.2, 0.25) is 5.02 Å². The average Bonchev–Trinajstić information content (AvgIpc) is 3.13. The van der Waals surface area contributed by atoms with Crippen LogP contribution < -0.4 is 5.43 Å². The minimum absolute atomic E-state index is 0.382. The predicted octanol–water partition coefficient (Wildman–Crippen LogP) is 3.21. The number of hydrazine groups is 1. The van der Waals surface area contributed by atoms with Crippen molar-refractivity contribution in [2.24, 2.45) is 0 Å². The number of nitrogens with zero attached hydrogens (tertiary/aromatic N) is 3. The van der Waals surface area contributed by atoms with E-state index < -0.39 is 0 Å². The molecule has 0 bridgehead atoms. The van der Waals surface area contributed by atoms with Crippen LogP contribution in [0.5, 0.6) is 0 Å². The van der Waals surface area contributed by atoms with E-state index in [1.165, 1.54) is 0 Å². The lowest BCUT2D eigenvalue weighted by molar-refractivity contribution is 0.0704. The minimum Gasteiger partial charge on any atom is -0.449 e. The topological polar surface area (TPSA) is 70.8 Å². The van der Waals surface area contributed by atoms with Crippen molar-refractivity contribution in [2.75, 3.05) is 39.3 Å². The number of ether oxygens (including phenoxy) is 1. The van der Waals surface area contributed by atoms with Crippen LogP contribution in [0.3, 0.4) is 0 Å². The monoisotopic (exact) mass is 392 g/mol. The quantitative estimate of drug-likeness (QED) is 0.780. The predicted molar refractivity (Wildman–Crippen MR) is 103 cm³/mol. The van der Waals surface area contributed by atoms with E-state index in [1.807, 2.05) is 35.3 Å². The number of halogens is 1. The van der Waals surface area contributed by atoms with Gasteiger partial charge in [0.15, 0.2) is 0 Å². The van der Waals surface area contributed by atoms with Gasteiger partial charge in [-0.1, -0.05) is 28.9 Å². The van der Waals surface area contributed by atoms with Gasteiger partial charge >= 0.3 is 6.09 Å². The van der Waals surface area contributed by atoms with Crippen LogP contribution in [-0.2, 0) is 11.2 Å². The van der Waals surface area contributed by atoms with Gasteiger partial charge in [0.1, 0.15) is 11.5 Å². The van der Waals surface area contributed by atoms with Crippen LogP contribution in [0.15, 0.2) is 34.9 Å². The first-order valence-corrected chi connectivity index (χ1v) is 9.64. The van der Waals surface area contributed by atoms with Crippen molar-refractivity contribution in [3.05, 3.63) is 41.1 Å². The number of piperazine rings is 1. The van der Waals surface area contributed by atoms with Gasteiger partial charge in [-0.25, -0.2) is 9.80 Å². The molecule has 27 heavy (non-hydrogen) atoms. The molecule has 1 aromatic heterocycles. The number of hydrogen-bond donors (Lipinski definition) is 1. The first-order valence-electron chi connectivity index (χ1n) is 9.26. The molecule has 1 N–H and O–H groups in total. The summed E-state index contributed by atoms with van der Waals surface area (Å²) >= 11 is 5.92. The Morgan fingerprint density at radius 2 is 2.00 bits per heavy atom. The molecular formula is C19H25ClN4O3. The van der Waals surface area contributed by atoms with Crippen molar-refractivity contribution in [1.82, 2.24) is 20.5 Å². The molecule has 0 atom stereocenters. The smallest absolute Gasteiger partial charge is 0.421 e. The van der Waals surface area contributed by atoms with Crippen molar-refractivity contribution < 1.29 is 14.1 Å². The molecule has 0 saturated carbocycles. The summed E-state index contributed by atoms with van der Waals surface area (Å²) < 4.78 is 10.3. The lowest BCUT2D eigenvalue weighted by Crippen LogP contribution is -2.53.